The normalized spacial score (nSPS) is 26.5. The summed E-state index contributed by atoms with van der Waals surface area (Å²) in [4.78, 5) is 12.5. The summed E-state index contributed by atoms with van der Waals surface area (Å²) in [7, 11) is 0. The van der Waals surface area contributed by atoms with Gasteiger partial charge in [0, 0.05) is 5.41 Å². The summed E-state index contributed by atoms with van der Waals surface area (Å²) in [6.45, 7) is 5.81. The van der Waals surface area contributed by atoms with Crippen molar-refractivity contribution in [2.75, 3.05) is 5.75 Å². The van der Waals surface area contributed by atoms with E-state index in [1.165, 1.54) is 22.9 Å². The van der Waals surface area contributed by atoms with Crippen LogP contribution in [-0.2, 0) is 10.2 Å². The van der Waals surface area contributed by atoms with Gasteiger partial charge in [0.1, 0.15) is 0 Å². The number of carbonyl (C=O) groups is 1. The molecule has 0 aromatic heterocycles. The molecule has 0 radical (unpaired) electrons. The zero-order valence-electron chi connectivity index (χ0n) is 17.0. The molecule has 28 heavy (non-hydrogen) atoms. The molecule has 2 aliphatic carbocycles. The minimum absolute atomic E-state index is 0.0635. The summed E-state index contributed by atoms with van der Waals surface area (Å²) >= 11 is 1.33. The molecule has 0 aliphatic heterocycles. The van der Waals surface area contributed by atoms with Crippen LogP contribution in [0.15, 0.2) is 60.7 Å². The highest BCUT2D eigenvalue weighted by molar-refractivity contribution is 8.13. The molecule has 4 rings (SSSR count). The molecule has 3 heteroatoms. The monoisotopic (exact) mass is 394 g/mol. The second-order valence-corrected chi connectivity index (χ2v) is 10.2. The third-order valence-corrected chi connectivity index (χ3v) is 8.02. The molecule has 4 unspecified atom stereocenters. The van der Waals surface area contributed by atoms with Crippen LogP contribution in [0.2, 0.25) is 0 Å². The zero-order chi connectivity index (χ0) is 19.9. The molecule has 0 spiro atoms. The number of aliphatic hydroxyl groups is 1. The van der Waals surface area contributed by atoms with E-state index in [0.29, 0.717) is 11.8 Å². The fraction of sp³-hybridized carbons (Fsp3) is 0.480. The molecule has 4 atom stereocenters. The van der Waals surface area contributed by atoms with Gasteiger partial charge in [0.25, 0.3) is 0 Å². The van der Waals surface area contributed by atoms with Crippen LogP contribution in [0.5, 0.6) is 0 Å². The van der Waals surface area contributed by atoms with E-state index < -0.39 is 11.5 Å². The molecule has 2 aliphatic rings. The zero-order valence-corrected chi connectivity index (χ0v) is 17.8. The van der Waals surface area contributed by atoms with Crippen LogP contribution >= 0.6 is 11.8 Å². The topological polar surface area (TPSA) is 37.3 Å². The van der Waals surface area contributed by atoms with Gasteiger partial charge in [-0.25, -0.2) is 0 Å². The van der Waals surface area contributed by atoms with Gasteiger partial charge in [0.2, 0.25) is 0 Å². The largest absolute Gasteiger partial charge is 0.392 e. The quantitative estimate of drug-likeness (QED) is 0.693. The molecule has 2 aromatic rings. The summed E-state index contributed by atoms with van der Waals surface area (Å²) in [5, 5.41) is 11.2. The average molecular weight is 395 g/mol. The van der Waals surface area contributed by atoms with E-state index in [-0.39, 0.29) is 16.4 Å². The number of benzene rings is 2. The van der Waals surface area contributed by atoms with Crippen molar-refractivity contribution in [3.8, 4) is 0 Å². The van der Waals surface area contributed by atoms with Crippen molar-refractivity contribution >= 4 is 16.9 Å². The van der Waals surface area contributed by atoms with Gasteiger partial charge >= 0.3 is 0 Å². The highest BCUT2D eigenvalue weighted by Crippen LogP contribution is 2.69. The van der Waals surface area contributed by atoms with Crippen molar-refractivity contribution in [1.82, 2.24) is 0 Å². The third kappa shape index (κ3) is 3.23. The van der Waals surface area contributed by atoms with Gasteiger partial charge in [0.05, 0.1) is 11.5 Å². The minimum atomic E-state index is -0.683. The molecule has 0 heterocycles. The van der Waals surface area contributed by atoms with E-state index in [9.17, 15) is 9.90 Å². The van der Waals surface area contributed by atoms with Crippen LogP contribution in [0.1, 0.15) is 44.7 Å². The van der Waals surface area contributed by atoms with E-state index in [2.05, 4.69) is 60.7 Å². The molecular weight excluding hydrogens is 364 g/mol. The van der Waals surface area contributed by atoms with E-state index in [0.717, 1.165) is 18.6 Å². The van der Waals surface area contributed by atoms with Crippen LogP contribution in [0.4, 0.5) is 0 Å². The first kappa shape index (κ1) is 19.7. The van der Waals surface area contributed by atoms with Crippen LogP contribution in [0.3, 0.4) is 0 Å². The van der Waals surface area contributed by atoms with Gasteiger partial charge in [-0.15, -0.1) is 0 Å². The Hall–Kier alpha value is -1.58. The lowest BCUT2D eigenvalue weighted by Gasteiger charge is -2.29. The maximum atomic E-state index is 12.5. The molecule has 0 amide bonds. The minimum Gasteiger partial charge on any atom is -0.392 e. The smallest absolute Gasteiger partial charge is 0.197 e. The lowest BCUT2D eigenvalue weighted by atomic mass is 9.82. The average Bonchev–Trinajstić information content (AvgIpc) is 3.62. The Morgan fingerprint density at radius 2 is 1.64 bits per heavy atom. The van der Waals surface area contributed by atoms with Crippen molar-refractivity contribution < 1.29 is 9.90 Å². The fourth-order valence-corrected chi connectivity index (χ4v) is 5.90. The van der Waals surface area contributed by atoms with Gasteiger partial charge in [-0.1, -0.05) is 79.3 Å². The van der Waals surface area contributed by atoms with Gasteiger partial charge < -0.3 is 5.11 Å². The number of hydrogen-bond acceptors (Lipinski definition) is 3. The van der Waals surface area contributed by atoms with Gasteiger partial charge in [0.15, 0.2) is 5.12 Å². The Morgan fingerprint density at radius 3 is 2.14 bits per heavy atom. The number of aliphatic hydroxyl groups excluding tert-OH is 1. The maximum absolute atomic E-state index is 12.5. The highest BCUT2D eigenvalue weighted by atomic mass is 32.2. The van der Waals surface area contributed by atoms with Crippen molar-refractivity contribution in [3.05, 3.63) is 71.8 Å². The second kappa shape index (κ2) is 7.35. The molecule has 2 nitrogen and oxygen atoms in total. The first-order chi connectivity index (χ1) is 13.4. The van der Waals surface area contributed by atoms with E-state index >= 15 is 0 Å². The van der Waals surface area contributed by atoms with Crippen LogP contribution in [0.25, 0.3) is 0 Å². The molecule has 2 fully saturated rings. The second-order valence-electron chi connectivity index (χ2n) is 8.96. The molecule has 2 aromatic carbocycles. The van der Waals surface area contributed by atoms with E-state index in [4.69, 9.17) is 0 Å². The van der Waals surface area contributed by atoms with Gasteiger partial charge in [-0.3, -0.25) is 4.79 Å². The lowest BCUT2D eigenvalue weighted by Crippen LogP contribution is -2.38. The molecular formula is C25H30O2S. The summed E-state index contributed by atoms with van der Waals surface area (Å²) < 4.78 is 0. The third-order valence-electron chi connectivity index (χ3n) is 6.95. The van der Waals surface area contributed by atoms with E-state index in [1.54, 1.807) is 0 Å². The summed E-state index contributed by atoms with van der Waals surface area (Å²) in [6, 6.07) is 21.6. The number of thioether (sulfide) groups is 1. The fourth-order valence-electron chi connectivity index (χ4n) is 5.14. The van der Waals surface area contributed by atoms with Crippen molar-refractivity contribution in [1.29, 1.82) is 0 Å². The van der Waals surface area contributed by atoms with Crippen LogP contribution in [0, 0.1) is 23.2 Å². The standard InChI is InChI=1S/C25H30O2S/c1-4-28-23(27)24(2,3)22(26)20-15-19(20)21-16-25(21,17-11-7-5-8-12-17)18-13-9-6-10-14-18/h5-14,19-22,26H,4,15-16H2,1-3H3. The van der Waals surface area contributed by atoms with Crippen LogP contribution in [-0.4, -0.2) is 22.1 Å². The van der Waals surface area contributed by atoms with Crippen molar-refractivity contribution in [2.45, 2.75) is 45.1 Å². The Kier molecular flexibility index (Phi) is 5.18. The van der Waals surface area contributed by atoms with Gasteiger partial charge in [-0.05, 0) is 61.3 Å². The summed E-state index contributed by atoms with van der Waals surface area (Å²) in [6.07, 6.45) is 1.60. The Bertz CT molecular complexity index is 791. The van der Waals surface area contributed by atoms with Crippen LogP contribution < -0.4 is 0 Å². The number of hydrogen-bond donors (Lipinski definition) is 1. The van der Waals surface area contributed by atoms with E-state index in [1.807, 2.05) is 20.8 Å². The molecule has 0 saturated heterocycles. The first-order valence-electron chi connectivity index (χ1n) is 10.4. The summed E-state index contributed by atoms with van der Waals surface area (Å²) in [5.41, 5.74) is 2.14. The predicted molar refractivity (Wildman–Crippen MR) is 116 cm³/mol. The predicted octanol–water partition coefficient (Wildman–Crippen LogP) is 5.30. The lowest BCUT2D eigenvalue weighted by molar-refractivity contribution is -0.124. The van der Waals surface area contributed by atoms with Crippen molar-refractivity contribution in [3.63, 3.8) is 0 Å². The molecule has 2 saturated carbocycles. The SMILES string of the molecule is CCSC(=O)C(C)(C)C(O)C1CC1C1CC1(c1ccccc1)c1ccccc1. The van der Waals surface area contributed by atoms with Gasteiger partial charge in [-0.2, -0.15) is 0 Å². The first-order valence-corrected chi connectivity index (χ1v) is 11.4. The summed E-state index contributed by atoms with van der Waals surface area (Å²) in [5.74, 6) is 2.03. The highest BCUT2D eigenvalue weighted by Gasteiger charge is 2.66. The number of rotatable bonds is 7. The molecule has 0 bridgehead atoms. The Labute approximate surface area is 172 Å². The maximum Gasteiger partial charge on any atom is 0.197 e. The molecule has 1 N–H and O–H groups in total. The Morgan fingerprint density at radius 1 is 1.11 bits per heavy atom. The Balaban J connectivity index is 1.56. The number of carbonyl (C=O) groups excluding carboxylic acids is 1. The van der Waals surface area contributed by atoms with Crippen molar-refractivity contribution in [2.24, 2.45) is 23.2 Å². The molecule has 148 valence electrons.